The maximum absolute atomic E-state index is 12.9. The van der Waals surface area contributed by atoms with Gasteiger partial charge < -0.3 is 9.64 Å². The summed E-state index contributed by atoms with van der Waals surface area (Å²) in [5.41, 5.74) is 2.20. The van der Waals surface area contributed by atoms with E-state index in [2.05, 4.69) is 9.71 Å². The van der Waals surface area contributed by atoms with Crippen LogP contribution in [0.1, 0.15) is 34.3 Å². The molecule has 1 aliphatic heterocycles. The summed E-state index contributed by atoms with van der Waals surface area (Å²) in [5.74, 6) is 0.878. The Balaban J connectivity index is 1.58. The fraction of sp³-hybridized carbons (Fsp3) is 0.455. The van der Waals surface area contributed by atoms with Gasteiger partial charge in [-0.25, -0.2) is 18.1 Å². The normalized spacial score (nSPS) is 15.2. The van der Waals surface area contributed by atoms with Crippen molar-refractivity contribution in [1.82, 2.24) is 14.6 Å². The van der Waals surface area contributed by atoms with Crippen LogP contribution in [0.3, 0.4) is 0 Å². The van der Waals surface area contributed by atoms with Crippen LogP contribution in [0, 0.1) is 19.8 Å². The van der Waals surface area contributed by atoms with Crippen LogP contribution in [0.4, 0.5) is 0 Å². The van der Waals surface area contributed by atoms with Crippen molar-refractivity contribution in [3.8, 4) is 5.75 Å². The van der Waals surface area contributed by atoms with Crippen molar-refractivity contribution in [2.45, 2.75) is 36.6 Å². The minimum absolute atomic E-state index is 0.0133. The SMILES string of the molecule is COc1c(C)cc(S(=O)(=O)NCC2CCN(C(=O)c3cccnc3SC)CC2)cc1C. The topological polar surface area (TPSA) is 88.6 Å². The Morgan fingerprint density at radius 2 is 1.90 bits per heavy atom. The molecule has 1 N–H and O–H groups in total. The van der Waals surface area contributed by atoms with E-state index in [1.165, 1.54) is 11.8 Å². The molecule has 1 fully saturated rings. The van der Waals surface area contributed by atoms with Crippen molar-refractivity contribution in [3.05, 3.63) is 47.2 Å². The van der Waals surface area contributed by atoms with Crippen molar-refractivity contribution in [3.63, 3.8) is 0 Å². The van der Waals surface area contributed by atoms with E-state index in [4.69, 9.17) is 4.74 Å². The van der Waals surface area contributed by atoms with Gasteiger partial charge in [-0.05, 0) is 74.3 Å². The number of hydrogen-bond donors (Lipinski definition) is 1. The Labute approximate surface area is 188 Å². The van der Waals surface area contributed by atoms with Crippen LogP contribution >= 0.6 is 11.8 Å². The van der Waals surface area contributed by atoms with Gasteiger partial charge in [-0.2, -0.15) is 0 Å². The first-order valence-corrected chi connectivity index (χ1v) is 12.9. The van der Waals surface area contributed by atoms with Crippen LogP contribution < -0.4 is 9.46 Å². The van der Waals surface area contributed by atoms with Gasteiger partial charge in [-0.3, -0.25) is 4.79 Å². The first-order chi connectivity index (χ1) is 14.8. The number of carbonyl (C=O) groups excluding carboxylic acids is 1. The highest BCUT2D eigenvalue weighted by molar-refractivity contribution is 7.98. The van der Waals surface area contributed by atoms with Crippen molar-refractivity contribution < 1.29 is 17.9 Å². The fourth-order valence-corrected chi connectivity index (χ4v) is 5.75. The molecule has 2 aromatic rings. The van der Waals surface area contributed by atoms with Gasteiger partial charge in [0.15, 0.2) is 0 Å². The number of likely N-dealkylation sites (tertiary alicyclic amines) is 1. The number of nitrogens with one attached hydrogen (secondary N) is 1. The number of thioether (sulfide) groups is 1. The largest absolute Gasteiger partial charge is 0.496 e. The molecule has 3 rings (SSSR count). The van der Waals surface area contributed by atoms with Crippen LogP contribution in [0.15, 0.2) is 40.4 Å². The zero-order valence-corrected chi connectivity index (χ0v) is 20.0. The summed E-state index contributed by atoms with van der Waals surface area (Å²) in [6, 6.07) is 6.84. The van der Waals surface area contributed by atoms with Gasteiger partial charge in [0.05, 0.1) is 17.6 Å². The van der Waals surface area contributed by atoms with Crippen LogP contribution in [0.5, 0.6) is 5.75 Å². The Kier molecular flexibility index (Phi) is 7.61. The third kappa shape index (κ3) is 5.39. The smallest absolute Gasteiger partial charge is 0.256 e. The zero-order valence-electron chi connectivity index (χ0n) is 18.3. The molecule has 0 aliphatic carbocycles. The average Bonchev–Trinajstić information content (AvgIpc) is 2.77. The summed E-state index contributed by atoms with van der Waals surface area (Å²) in [6.45, 7) is 5.24. The minimum Gasteiger partial charge on any atom is -0.496 e. The van der Waals surface area contributed by atoms with Crippen molar-refractivity contribution in [1.29, 1.82) is 0 Å². The molecular formula is C22H29N3O4S2. The molecule has 2 heterocycles. The standard InChI is InChI=1S/C22H29N3O4S2/c1-15-12-18(13-16(2)20(15)29-3)31(27,28)24-14-17-7-10-25(11-8-17)22(26)19-6-5-9-23-21(19)30-4/h5-6,9,12-13,17,24H,7-8,10-11,14H2,1-4H3. The highest BCUT2D eigenvalue weighted by Gasteiger charge is 2.26. The van der Waals surface area contributed by atoms with Crippen molar-refractivity contribution >= 4 is 27.7 Å². The molecule has 1 amide bonds. The molecule has 0 bridgehead atoms. The maximum Gasteiger partial charge on any atom is 0.256 e. The second kappa shape index (κ2) is 10.0. The zero-order chi connectivity index (χ0) is 22.6. The van der Waals surface area contributed by atoms with E-state index in [9.17, 15) is 13.2 Å². The molecule has 9 heteroatoms. The predicted molar refractivity (Wildman–Crippen MR) is 122 cm³/mol. The number of hydrogen-bond acceptors (Lipinski definition) is 6. The fourth-order valence-electron chi connectivity index (χ4n) is 3.93. The third-order valence-corrected chi connectivity index (χ3v) is 7.72. The molecule has 0 unspecified atom stereocenters. The number of benzene rings is 1. The minimum atomic E-state index is -3.61. The molecule has 1 saturated heterocycles. The van der Waals surface area contributed by atoms with E-state index in [0.717, 1.165) is 29.0 Å². The Bertz CT molecular complexity index is 1030. The van der Waals surface area contributed by atoms with E-state index in [-0.39, 0.29) is 16.7 Å². The van der Waals surface area contributed by atoms with Gasteiger partial charge in [0, 0.05) is 25.8 Å². The summed E-state index contributed by atoms with van der Waals surface area (Å²) < 4.78 is 33.6. The van der Waals surface area contributed by atoms with Crippen molar-refractivity contribution in [2.75, 3.05) is 33.0 Å². The van der Waals surface area contributed by atoms with Gasteiger partial charge in [0.2, 0.25) is 10.0 Å². The van der Waals surface area contributed by atoms with E-state index >= 15 is 0 Å². The number of sulfonamides is 1. The molecule has 7 nitrogen and oxygen atoms in total. The lowest BCUT2D eigenvalue weighted by molar-refractivity contribution is 0.0687. The van der Waals surface area contributed by atoms with Gasteiger partial charge in [-0.15, -0.1) is 11.8 Å². The first kappa shape index (κ1) is 23.6. The summed E-state index contributed by atoms with van der Waals surface area (Å²) in [6.07, 6.45) is 5.10. The van der Waals surface area contributed by atoms with E-state index < -0.39 is 10.0 Å². The second-order valence-corrected chi connectivity index (χ2v) is 10.3. The van der Waals surface area contributed by atoms with Gasteiger partial charge in [0.25, 0.3) is 5.91 Å². The molecule has 0 radical (unpaired) electrons. The van der Waals surface area contributed by atoms with E-state index in [1.807, 2.05) is 25.0 Å². The molecular weight excluding hydrogens is 434 g/mol. The molecule has 1 aliphatic rings. The Morgan fingerprint density at radius 3 is 2.48 bits per heavy atom. The lowest BCUT2D eigenvalue weighted by atomic mass is 9.97. The summed E-state index contributed by atoms with van der Waals surface area (Å²) in [4.78, 5) is 19.2. The van der Waals surface area contributed by atoms with Crippen molar-refractivity contribution in [2.24, 2.45) is 5.92 Å². The number of pyridine rings is 1. The Morgan fingerprint density at radius 1 is 1.26 bits per heavy atom. The summed E-state index contributed by atoms with van der Waals surface area (Å²) in [7, 11) is -2.03. The highest BCUT2D eigenvalue weighted by atomic mass is 32.2. The number of aromatic nitrogens is 1. The van der Waals surface area contributed by atoms with Gasteiger partial charge in [0.1, 0.15) is 10.8 Å². The molecule has 0 spiro atoms. The second-order valence-electron chi connectivity index (χ2n) is 7.74. The molecule has 31 heavy (non-hydrogen) atoms. The Hall–Kier alpha value is -2.10. The number of rotatable bonds is 7. The number of aryl methyl sites for hydroxylation is 2. The number of carbonyl (C=O) groups is 1. The van der Waals surface area contributed by atoms with E-state index in [1.54, 1.807) is 37.6 Å². The van der Waals surface area contributed by atoms with Gasteiger partial charge in [-0.1, -0.05) is 0 Å². The number of nitrogens with zero attached hydrogens (tertiary/aromatic N) is 2. The van der Waals surface area contributed by atoms with Crippen LogP contribution in [-0.4, -0.2) is 57.2 Å². The maximum atomic E-state index is 12.9. The monoisotopic (exact) mass is 463 g/mol. The average molecular weight is 464 g/mol. The quantitative estimate of drug-likeness (QED) is 0.634. The van der Waals surface area contributed by atoms with Crippen LogP contribution in [0.25, 0.3) is 0 Å². The number of methoxy groups -OCH3 is 1. The third-order valence-electron chi connectivity index (χ3n) is 5.61. The summed E-state index contributed by atoms with van der Waals surface area (Å²) in [5, 5.41) is 0.729. The lowest BCUT2D eigenvalue weighted by Gasteiger charge is -2.32. The molecule has 1 aromatic carbocycles. The molecule has 0 atom stereocenters. The van der Waals surface area contributed by atoms with Crippen LogP contribution in [0.2, 0.25) is 0 Å². The predicted octanol–water partition coefficient (Wildman–Crippen LogP) is 3.26. The lowest BCUT2D eigenvalue weighted by Crippen LogP contribution is -2.41. The number of ether oxygens (including phenoxy) is 1. The van der Waals surface area contributed by atoms with Gasteiger partial charge >= 0.3 is 0 Å². The number of amides is 1. The molecule has 168 valence electrons. The molecule has 1 aromatic heterocycles. The highest BCUT2D eigenvalue weighted by Crippen LogP contribution is 2.27. The number of piperidine rings is 1. The summed E-state index contributed by atoms with van der Waals surface area (Å²) >= 11 is 1.46. The molecule has 0 saturated carbocycles. The van der Waals surface area contributed by atoms with Crippen LogP contribution in [-0.2, 0) is 10.0 Å². The first-order valence-electron chi connectivity index (χ1n) is 10.2. The van der Waals surface area contributed by atoms with E-state index in [0.29, 0.717) is 30.9 Å².